The minimum atomic E-state index is -0.617. The molecule has 0 aliphatic rings. The molecule has 1 rings (SSSR count). The van der Waals surface area contributed by atoms with Gasteiger partial charge in [0.05, 0.1) is 30.3 Å². The maximum absolute atomic E-state index is 10.8. The van der Waals surface area contributed by atoms with E-state index in [1.807, 2.05) is 0 Å². The van der Waals surface area contributed by atoms with Crippen LogP contribution >= 0.6 is 22.6 Å². The predicted molar refractivity (Wildman–Crippen MR) is 74.0 cm³/mol. The Morgan fingerprint density at radius 2 is 2.17 bits per heavy atom. The van der Waals surface area contributed by atoms with Crippen LogP contribution in [0.25, 0.3) is 0 Å². The zero-order chi connectivity index (χ0) is 13.5. The number of methoxy groups -OCH3 is 1. The summed E-state index contributed by atoms with van der Waals surface area (Å²) in [5, 5.41) is 10.8. The lowest BCUT2D eigenvalue weighted by Gasteiger charge is -2.10. The zero-order valence-electron chi connectivity index (χ0n) is 9.72. The van der Waals surface area contributed by atoms with E-state index in [-0.39, 0.29) is 17.0 Å². The number of hydrogen-bond acceptors (Lipinski definition) is 5. The molecule has 0 fully saturated rings. The highest BCUT2D eigenvalue weighted by molar-refractivity contribution is 14.1. The topological polar surface area (TPSA) is 78.7 Å². The molecular weight excluding hydrogens is 353 g/mol. The van der Waals surface area contributed by atoms with Gasteiger partial charge in [-0.3, -0.25) is 14.9 Å². The van der Waals surface area contributed by atoms with Crippen molar-refractivity contribution in [3.63, 3.8) is 0 Å². The van der Waals surface area contributed by atoms with Crippen LogP contribution in [0.2, 0.25) is 0 Å². The van der Waals surface area contributed by atoms with E-state index in [0.29, 0.717) is 18.6 Å². The number of aldehydes is 1. The summed E-state index contributed by atoms with van der Waals surface area (Å²) in [5.74, 6) is 0.593. The number of nitro benzene ring substituents is 1. The Labute approximate surface area is 118 Å². The van der Waals surface area contributed by atoms with Crippen LogP contribution in [0.5, 0.6) is 11.5 Å². The minimum Gasteiger partial charge on any atom is -0.493 e. The first-order valence-electron chi connectivity index (χ1n) is 5.14. The molecule has 0 saturated heterocycles. The first-order chi connectivity index (χ1) is 8.63. The van der Waals surface area contributed by atoms with E-state index < -0.39 is 4.92 Å². The number of halogens is 1. The molecule has 1 aromatic carbocycles. The smallest absolute Gasteiger partial charge is 0.283 e. The van der Waals surface area contributed by atoms with Gasteiger partial charge in [-0.05, 0) is 6.42 Å². The highest BCUT2D eigenvalue weighted by atomic mass is 127. The van der Waals surface area contributed by atoms with Crippen molar-refractivity contribution in [3.05, 3.63) is 27.8 Å². The molecule has 0 N–H and O–H groups in total. The molecule has 0 saturated carbocycles. The fraction of sp³-hybridized carbons (Fsp3) is 0.364. The van der Waals surface area contributed by atoms with Gasteiger partial charge in [-0.2, -0.15) is 0 Å². The van der Waals surface area contributed by atoms with Gasteiger partial charge in [0.25, 0.3) is 5.69 Å². The number of alkyl halides is 1. The van der Waals surface area contributed by atoms with Crippen LogP contribution < -0.4 is 9.47 Å². The second-order valence-corrected chi connectivity index (χ2v) is 4.41. The summed E-state index contributed by atoms with van der Waals surface area (Å²) in [6.45, 7) is 0.441. The summed E-state index contributed by atoms with van der Waals surface area (Å²) in [5.41, 5.74) is -0.312. The second-order valence-electron chi connectivity index (χ2n) is 3.33. The average Bonchev–Trinajstić information content (AvgIpc) is 2.38. The summed E-state index contributed by atoms with van der Waals surface area (Å²) in [7, 11) is 1.42. The number of benzene rings is 1. The number of ether oxygens (including phenoxy) is 2. The lowest BCUT2D eigenvalue weighted by atomic mass is 10.1. The number of carbonyl (C=O) groups is 1. The van der Waals surface area contributed by atoms with E-state index >= 15 is 0 Å². The van der Waals surface area contributed by atoms with E-state index in [0.717, 1.165) is 10.8 Å². The summed E-state index contributed by atoms with van der Waals surface area (Å²) in [6.07, 6.45) is 1.25. The van der Waals surface area contributed by atoms with Crippen molar-refractivity contribution >= 4 is 34.6 Å². The van der Waals surface area contributed by atoms with Gasteiger partial charge in [-0.15, -0.1) is 0 Å². The lowest BCUT2D eigenvalue weighted by Crippen LogP contribution is -2.02. The third-order valence-corrected chi connectivity index (χ3v) is 2.93. The highest BCUT2D eigenvalue weighted by Crippen LogP contribution is 2.34. The van der Waals surface area contributed by atoms with Crippen LogP contribution in [0.3, 0.4) is 0 Å². The summed E-state index contributed by atoms with van der Waals surface area (Å²) < 4.78 is 11.4. The SMILES string of the molecule is COc1cc(C=O)c([N+](=O)[O-])cc1OCCCI. The molecule has 18 heavy (non-hydrogen) atoms. The molecule has 0 atom stereocenters. The first-order valence-corrected chi connectivity index (χ1v) is 6.67. The Kier molecular flexibility index (Phi) is 5.83. The largest absolute Gasteiger partial charge is 0.493 e. The third-order valence-electron chi connectivity index (χ3n) is 2.17. The van der Waals surface area contributed by atoms with Gasteiger partial charge in [0.2, 0.25) is 0 Å². The fourth-order valence-corrected chi connectivity index (χ4v) is 1.64. The number of nitrogens with zero attached hydrogens (tertiary/aromatic N) is 1. The Hall–Kier alpha value is -1.38. The summed E-state index contributed by atoms with van der Waals surface area (Å²) in [4.78, 5) is 21.0. The number of rotatable bonds is 7. The second kappa shape index (κ2) is 7.14. The van der Waals surface area contributed by atoms with E-state index in [2.05, 4.69) is 22.6 Å². The van der Waals surface area contributed by atoms with E-state index in [1.165, 1.54) is 19.2 Å². The Morgan fingerprint density at radius 3 is 2.67 bits per heavy atom. The quantitative estimate of drug-likeness (QED) is 0.185. The van der Waals surface area contributed by atoms with Crippen molar-refractivity contribution in [1.82, 2.24) is 0 Å². The van der Waals surface area contributed by atoms with Crippen LogP contribution in [0.4, 0.5) is 5.69 Å². The normalized spacial score (nSPS) is 9.89. The van der Waals surface area contributed by atoms with Crippen LogP contribution in [-0.2, 0) is 0 Å². The molecule has 0 aliphatic carbocycles. The molecule has 0 spiro atoms. The van der Waals surface area contributed by atoms with E-state index in [1.54, 1.807) is 0 Å². The van der Waals surface area contributed by atoms with Gasteiger partial charge in [0.1, 0.15) is 0 Å². The maximum Gasteiger partial charge on any atom is 0.283 e. The van der Waals surface area contributed by atoms with Gasteiger partial charge in [0, 0.05) is 10.5 Å². The van der Waals surface area contributed by atoms with Crippen molar-refractivity contribution in [3.8, 4) is 11.5 Å². The Bertz CT molecular complexity index is 449. The van der Waals surface area contributed by atoms with Crippen LogP contribution in [0.15, 0.2) is 12.1 Å². The molecule has 0 radical (unpaired) electrons. The monoisotopic (exact) mass is 365 g/mol. The highest BCUT2D eigenvalue weighted by Gasteiger charge is 2.19. The molecule has 1 aromatic rings. The number of nitro groups is 1. The zero-order valence-corrected chi connectivity index (χ0v) is 11.9. The van der Waals surface area contributed by atoms with Gasteiger partial charge in [-0.25, -0.2) is 0 Å². The van der Waals surface area contributed by atoms with Gasteiger partial charge >= 0.3 is 0 Å². The summed E-state index contributed by atoms with van der Waals surface area (Å²) >= 11 is 2.21. The van der Waals surface area contributed by atoms with Gasteiger partial charge in [0.15, 0.2) is 17.8 Å². The molecule has 0 amide bonds. The van der Waals surface area contributed by atoms with Crippen LogP contribution in [0, 0.1) is 10.1 Å². The van der Waals surface area contributed by atoms with E-state index in [4.69, 9.17) is 9.47 Å². The van der Waals surface area contributed by atoms with Crippen molar-refractivity contribution in [1.29, 1.82) is 0 Å². The maximum atomic E-state index is 10.8. The molecule has 0 unspecified atom stereocenters. The van der Waals surface area contributed by atoms with Crippen molar-refractivity contribution < 1.29 is 19.2 Å². The Morgan fingerprint density at radius 1 is 1.44 bits per heavy atom. The molecular formula is C11H12INO5. The van der Waals surface area contributed by atoms with Crippen molar-refractivity contribution in [2.45, 2.75) is 6.42 Å². The molecule has 0 aliphatic heterocycles. The summed E-state index contributed by atoms with van der Waals surface area (Å²) in [6, 6.07) is 2.53. The molecule has 7 heteroatoms. The fourth-order valence-electron chi connectivity index (χ4n) is 1.33. The van der Waals surface area contributed by atoms with E-state index in [9.17, 15) is 14.9 Å². The molecule has 0 bridgehead atoms. The number of carbonyl (C=O) groups excluding carboxylic acids is 1. The van der Waals surface area contributed by atoms with Gasteiger partial charge < -0.3 is 9.47 Å². The Balaban J connectivity index is 3.10. The standard InChI is InChI=1S/C11H12INO5/c1-17-10-5-8(7-14)9(13(15)16)6-11(10)18-4-2-3-12/h5-7H,2-4H2,1H3. The van der Waals surface area contributed by atoms with Gasteiger partial charge in [-0.1, -0.05) is 22.6 Å². The molecule has 98 valence electrons. The molecule has 0 heterocycles. The van der Waals surface area contributed by atoms with Crippen LogP contribution in [0.1, 0.15) is 16.8 Å². The van der Waals surface area contributed by atoms with Crippen molar-refractivity contribution in [2.75, 3.05) is 18.1 Å². The van der Waals surface area contributed by atoms with Crippen molar-refractivity contribution in [2.24, 2.45) is 0 Å². The molecule has 0 aromatic heterocycles. The lowest BCUT2D eigenvalue weighted by molar-refractivity contribution is -0.385. The average molecular weight is 365 g/mol. The molecule has 6 nitrogen and oxygen atoms in total. The third kappa shape index (κ3) is 3.56. The first kappa shape index (κ1) is 14.7. The predicted octanol–water partition coefficient (Wildman–Crippen LogP) is 2.62. The minimum absolute atomic E-state index is 0.0295. The number of hydrogen-bond donors (Lipinski definition) is 0. The van der Waals surface area contributed by atoms with Crippen LogP contribution in [-0.4, -0.2) is 29.4 Å².